The molecule has 1 heterocycles. The van der Waals surface area contributed by atoms with Gasteiger partial charge in [-0.1, -0.05) is 84.0 Å². The Morgan fingerprint density at radius 3 is 2.04 bits per heavy atom. The van der Waals surface area contributed by atoms with E-state index in [1.807, 2.05) is 17.8 Å². The minimum absolute atomic E-state index is 0.349. The third-order valence-corrected chi connectivity index (χ3v) is 8.26. The van der Waals surface area contributed by atoms with E-state index in [1.54, 1.807) is 0 Å². The van der Waals surface area contributed by atoms with E-state index >= 15 is 0 Å². The summed E-state index contributed by atoms with van der Waals surface area (Å²) in [7, 11) is 0. The number of rotatable bonds is 0. The molecular formula is C25H14BrClS. The van der Waals surface area contributed by atoms with E-state index in [9.17, 15) is 0 Å². The fraction of sp³-hybridized carbons (Fsp3) is 0.0400. The molecule has 0 saturated carbocycles. The fourth-order valence-corrected chi connectivity index (χ4v) is 6.82. The maximum atomic E-state index is 6.53. The summed E-state index contributed by atoms with van der Waals surface area (Å²) in [6.07, 6.45) is 0. The molecular weight excluding hydrogens is 448 g/mol. The number of hydrogen-bond donors (Lipinski definition) is 0. The Balaban J connectivity index is 1.87. The van der Waals surface area contributed by atoms with Gasteiger partial charge >= 0.3 is 0 Å². The van der Waals surface area contributed by atoms with Crippen molar-refractivity contribution >= 4 is 39.3 Å². The summed E-state index contributed by atoms with van der Waals surface area (Å²) in [5.41, 5.74) is 7.52. The zero-order chi connectivity index (χ0) is 18.9. The quantitative estimate of drug-likeness (QED) is 0.221. The maximum absolute atomic E-state index is 6.53. The summed E-state index contributed by atoms with van der Waals surface area (Å²) >= 11 is 12.2. The molecule has 4 aromatic rings. The second-order valence-corrected chi connectivity index (χ2v) is 9.54. The third kappa shape index (κ3) is 2.03. The topological polar surface area (TPSA) is 0 Å². The average molecular weight is 462 g/mol. The minimum Gasteiger partial charge on any atom is -0.0882 e. The van der Waals surface area contributed by atoms with Gasteiger partial charge in [0.25, 0.3) is 0 Å². The SMILES string of the molecule is Clc1ccc2c(c1)C1(c3ccccc3-c3ccccc31)c1cccc(Br)c1S2. The highest BCUT2D eigenvalue weighted by atomic mass is 79.9. The second kappa shape index (κ2) is 6.00. The molecule has 0 bridgehead atoms. The zero-order valence-electron chi connectivity index (χ0n) is 14.7. The predicted octanol–water partition coefficient (Wildman–Crippen LogP) is 7.93. The lowest BCUT2D eigenvalue weighted by Crippen LogP contribution is -2.32. The van der Waals surface area contributed by atoms with Crippen LogP contribution in [0, 0.1) is 0 Å². The number of benzene rings is 4. The lowest BCUT2D eigenvalue weighted by Gasteiger charge is -2.40. The summed E-state index contributed by atoms with van der Waals surface area (Å²) in [6, 6.07) is 30.5. The molecule has 6 rings (SSSR count). The van der Waals surface area contributed by atoms with Crippen LogP contribution in [0.25, 0.3) is 11.1 Å². The highest BCUT2D eigenvalue weighted by Gasteiger charge is 2.50. The minimum atomic E-state index is -0.349. The molecule has 3 heteroatoms. The molecule has 1 aliphatic heterocycles. The van der Waals surface area contributed by atoms with Crippen LogP contribution in [0.5, 0.6) is 0 Å². The van der Waals surface area contributed by atoms with Crippen LogP contribution in [0.1, 0.15) is 22.3 Å². The van der Waals surface area contributed by atoms with Gasteiger partial charge in [0.05, 0.1) is 5.41 Å². The summed E-state index contributed by atoms with van der Waals surface area (Å²) < 4.78 is 1.14. The Kier molecular flexibility index (Phi) is 3.62. The first kappa shape index (κ1) is 16.9. The van der Waals surface area contributed by atoms with Crippen LogP contribution < -0.4 is 0 Å². The van der Waals surface area contributed by atoms with Crippen LogP contribution in [0.2, 0.25) is 5.02 Å². The summed E-state index contributed by atoms with van der Waals surface area (Å²) in [5.74, 6) is 0. The summed E-state index contributed by atoms with van der Waals surface area (Å²) in [6.45, 7) is 0. The summed E-state index contributed by atoms with van der Waals surface area (Å²) in [5, 5.41) is 0.777. The van der Waals surface area contributed by atoms with Gasteiger partial charge in [-0.2, -0.15) is 0 Å². The van der Waals surface area contributed by atoms with Crippen molar-refractivity contribution in [2.45, 2.75) is 15.2 Å². The normalized spacial score (nSPS) is 14.9. The maximum Gasteiger partial charge on any atom is 0.0736 e. The van der Waals surface area contributed by atoms with Crippen molar-refractivity contribution in [3.05, 3.63) is 117 Å². The Bertz CT molecular complexity index is 1230. The van der Waals surface area contributed by atoms with Gasteiger partial charge in [-0.3, -0.25) is 0 Å². The molecule has 0 saturated heterocycles. The molecule has 0 aromatic heterocycles. The van der Waals surface area contributed by atoms with Crippen LogP contribution in [0.15, 0.2) is 99.2 Å². The van der Waals surface area contributed by atoms with Crippen molar-refractivity contribution in [1.29, 1.82) is 0 Å². The second-order valence-electron chi connectivity index (χ2n) is 7.20. The molecule has 2 aliphatic rings. The van der Waals surface area contributed by atoms with Crippen molar-refractivity contribution in [3.8, 4) is 11.1 Å². The molecule has 1 spiro atoms. The monoisotopic (exact) mass is 460 g/mol. The van der Waals surface area contributed by atoms with E-state index in [1.165, 1.54) is 43.2 Å². The average Bonchev–Trinajstić information content (AvgIpc) is 3.01. The Morgan fingerprint density at radius 2 is 1.32 bits per heavy atom. The van der Waals surface area contributed by atoms with Crippen molar-refractivity contribution in [1.82, 2.24) is 0 Å². The number of halogens is 2. The van der Waals surface area contributed by atoms with E-state index in [-0.39, 0.29) is 5.41 Å². The first-order valence-corrected chi connectivity index (χ1v) is 11.2. The number of fused-ring (bicyclic) bond motifs is 9. The van der Waals surface area contributed by atoms with Gasteiger partial charge in [-0.25, -0.2) is 0 Å². The van der Waals surface area contributed by atoms with E-state index in [2.05, 4.69) is 94.8 Å². The number of hydrogen-bond acceptors (Lipinski definition) is 1. The van der Waals surface area contributed by atoms with Crippen molar-refractivity contribution < 1.29 is 0 Å². The third-order valence-electron chi connectivity index (χ3n) is 5.88. The largest absolute Gasteiger partial charge is 0.0882 e. The zero-order valence-corrected chi connectivity index (χ0v) is 17.9. The fourth-order valence-electron chi connectivity index (χ4n) is 4.86. The molecule has 0 amide bonds. The van der Waals surface area contributed by atoms with E-state index in [0.29, 0.717) is 0 Å². The standard InChI is InChI=1S/C25H14BrClS/c26-22-11-5-10-20-24(22)28-23-13-12-15(27)14-21(23)25(20)18-8-3-1-6-16(18)17-7-2-4-9-19(17)25/h1-14H. The molecule has 0 fully saturated rings. The Morgan fingerprint density at radius 1 is 0.679 bits per heavy atom. The van der Waals surface area contributed by atoms with Gasteiger partial charge in [0.15, 0.2) is 0 Å². The first-order valence-electron chi connectivity index (χ1n) is 9.17. The first-order chi connectivity index (χ1) is 13.7. The van der Waals surface area contributed by atoms with Gasteiger partial charge < -0.3 is 0 Å². The molecule has 0 N–H and O–H groups in total. The highest BCUT2D eigenvalue weighted by Crippen LogP contribution is 2.63. The highest BCUT2D eigenvalue weighted by molar-refractivity contribution is 9.10. The lowest BCUT2D eigenvalue weighted by atomic mass is 9.67. The van der Waals surface area contributed by atoms with Crippen molar-refractivity contribution in [2.24, 2.45) is 0 Å². The smallest absolute Gasteiger partial charge is 0.0736 e. The van der Waals surface area contributed by atoms with Crippen LogP contribution in [0.3, 0.4) is 0 Å². The molecule has 4 aromatic carbocycles. The Hall–Kier alpha value is -2.00. The van der Waals surface area contributed by atoms with Crippen LogP contribution in [0.4, 0.5) is 0 Å². The molecule has 0 nitrogen and oxygen atoms in total. The Labute approximate surface area is 181 Å². The lowest BCUT2D eigenvalue weighted by molar-refractivity contribution is 0.720. The molecule has 0 atom stereocenters. The van der Waals surface area contributed by atoms with Gasteiger partial charge in [-0.05, 0) is 73.6 Å². The molecule has 1 aliphatic carbocycles. The molecule has 0 radical (unpaired) electrons. The van der Waals surface area contributed by atoms with E-state index in [4.69, 9.17) is 11.6 Å². The van der Waals surface area contributed by atoms with Gasteiger partial charge in [0, 0.05) is 19.3 Å². The van der Waals surface area contributed by atoms with Gasteiger partial charge in [0.1, 0.15) is 0 Å². The molecule has 134 valence electrons. The molecule has 0 unspecified atom stereocenters. The molecule has 28 heavy (non-hydrogen) atoms. The van der Waals surface area contributed by atoms with Gasteiger partial charge in [0.2, 0.25) is 0 Å². The predicted molar refractivity (Wildman–Crippen MR) is 121 cm³/mol. The van der Waals surface area contributed by atoms with Crippen LogP contribution >= 0.6 is 39.3 Å². The van der Waals surface area contributed by atoms with E-state index < -0.39 is 0 Å². The van der Waals surface area contributed by atoms with Crippen LogP contribution in [-0.4, -0.2) is 0 Å². The van der Waals surface area contributed by atoms with Crippen molar-refractivity contribution in [2.75, 3.05) is 0 Å². The van der Waals surface area contributed by atoms with Crippen LogP contribution in [-0.2, 0) is 5.41 Å². The van der Waals surface area contributed by atoms with Crippen molar-refractivity contribution in [3.63, 3.8) is 0 Å². The summed E-state index contributed by atoms with van der Waals surface area (Å²) in [4.78, 5) is 2.54. The van der Waals surface area contributed by atoms with Gasteiger partial charge in [-0.15, -0.1) is 0 Å². The van der Waals surface area contributed by atoms with E-state index in [0.717, 1.165) is 9.50 Å².